The van der Waals surface area contributed by atoms with Gasteiger partial charge in [-0.15, -0.1) is 0 Å². The minimum atomic E-state index is -1.31. The molecule has 112 valence electrons. The predicted octanol–water partition coefficient (Wildman–Crippen LogP) is 2.64. The van der Waals surface area contributed by atoms with E-state index in [0.29, 0.717) is 19.3 Å². The zero-order chi connectivity index (χ0) is 15.8. The SMILES string of the molecule is O=C(NC1(C(=O)O)CCC1)c1cc(Cl)c(Cl)c([N+](=O)[O-])c1. The zero-order valence-corrected chi connectivity index (χ0v) is 12.1. The Morgan fingerprint density at radius 1 is 1.33 bits per heavy atom. The van der Waals surface area contributed by atoms with Crippen LogP contribution in [-0.2, 0) is 4.79 Å². The fourth-order valence-corrected chi connectivity index (χ4v) is 2.44. The molecule has 2 N–H and O–H groups in total. The molecule has 0 aliphatic heterocycles. The summed E-state index contributed by atoms with van der Waals surface area (Å²) in [5.41, 5.74) is -1.92. The Kier molecular flexibility index (Phi) is 4.06. The Hall–Kier alpha value is -1.86. The van der Waals surface area contributed by atoms with E-state index >= 15 is 0 Å². The summed E-state index contributed by atoms with van der Waals surface area (Å²) in [5.74, 6) is -1.87. The van der Waals surface area contributed by atoms with Crippen LogP contribution in [0, 0.1) is 10.1 Å². The molecule has 1 saturated carbocycles. The smallest absolute Gasteiger partial charge is 0.329 e. The lowest BCUT2D eigenvalue weighted by molar-refractivity contribution is -0.384. The highest BCUT2D eigenvalue weighted by Gasteiger charge is 2.45. The highest BCUT2D eigenvalue weighted by molar-refractivity contribution is 6.43. The Morgan fingerprint density at radius 3 is 2.38 bits per heavy atom. The minimum Gasteiger partial charge on any atom is -0.480 e. The normalized spacial score (nSPS) is 15.9. The van der Waals surface area contributed by atoms with Gasteiger partial charge in [0.25, 0.3) is 11.6 Å². The first-order valence-electron chi connectivity index (χ1n) is 5.96. The molecule has 0 heterocycles. The second kappa shape index (κ2) is 5.50. The van der Waals surface area contributed by atoms with Crippen LogP contribution in [0.3, 0.4) is 0 Å². The maximum Gasteiger partial charge on any atom is 0.329 e. The molecule has 1 aliphatic carbocycles. The van der Waals surface area contributed by atoms with Crippen LogP contribution in [0.15, 0.2) is 12.1 Å². The van der Waals surface area contributed by atoms with Crippen molar-refractivity contribution in [3.8, 4) is 0 Å². The van der Waals surface area contributed by atoms with Crippen molar-refractivity contribution in [1.29, 1.82) is 0 Å². The lowest BCUT2D eigenvalue weighted by atomic mass is 9.76. The summed E-state index contributed by atoms with van der Waals surface area (Å²) < 4.78 is 0. The first kappa shape index (κ1) is 15.5. The number of halogens is 2. The monoisotopic (exact) mass is 332 g/mol. The maximum absolute atomic E-state index is 12.1. The number of nitrogens with one attached hydrogen (secondary N) is 1. The van der Waals surface area contributed by atoms with Crippen molar-refractivity contribution in [2.75, 3.05) is 0 Å². The van der Waals surface area contributed by atoms with E-state index in [4.69, 9.17) is 28.3 Å². The second-order valence-electron chi connectivity index (χ2n) is 4.74. The lowest BCUT2D eigenvalue weighted by Crippen LogP contribution is -2.59. The van der Waals surface area contributed by atoms with Crippen molar-refractivity contribution in [2.45, 2.75) is 24.8 Å². The fourth-order valence-electron chi connectivity index (χ4n) is 2.05. The molecule has 9 heteroatoms. The van der Waals surface area contributed by atoms with E-state index in [2.05, 4.69) is 5.32 Å². The van der Waals surface area contributed by atoms with Gasteiger partial charge < -0.3 is 10.4 Å². The number of carboxylic acid groups (broad SMARTS) is 1. The number of hydrogen-bond acceptors (Lipinski definition) is 4. The average Bonchev–Trinajstić information content (AvgIpc) is 2.35. The third kappa shape index (κ3) is 2.79. The van der Waals surface area contributed by atoms with Gasteiger partial charge in [0.15, 0.2) is 0 Å². The summed E-state index contributed by atoms with van der Waals surface area (Å²) in [6.07, 6.45) is 1.32. The molecule has 1 fully saturated rings. The Labute approximate surface area is 129 Å². The molecule has 0 unspecified atom stereocenters. The molecule has 2 rings (SSSR count). The summed E-state index contributed by atoms with van der Waals surface area (Å²) >= 11 is 11.4. The molecule has 0 bridgehead atoms. The number of carbonyl (C=O) groups excluding carboxylic acids is 1. The van der Waals surface area contributed by atoms with Crippen molar-refractivity contribution in [3.63, 3.8) is 0 Å². The number of carbonyl (C=O) groups is 2. The zero-order valence-electron chi connectivity index (χ0n) is 10.6. The first-order chi connectivity index (χ1) is 9.77. The Bertz CT molecular complexity index is 643. The van der Waals surface area contributed by atoms with Gasteiger partial charge >= 0.3 is 5.97 Å². The van der Waals surface area contributed by atoms with Crippen LogP contribution in [0.25, 0.3) is 0 Å². The number of amides is 1. The standard InChI is InChI=1S/C12H10Cl2N2O5/c13-7-4-6(5-8(9(7)14)16(20)21)10(17)15-12(11(18)19)2-1-3-12/h4-5H,1-3H2,(H,15,17)(H,18,19). The number of hydrogen-bond donors (Lipinski definition) is 2. The van der Waals surface area contributed by atoms with E-state index in [9.17, 15) is 19.7 Å². The summed E-state index contributed by atoms with van der Waals surface area (Å²) in [4.78, 5) is 33.4. The van der Waals surface area contributed by atoms with Gasteiger partial charge in [-0.05, 0) is 25.3 Å². The number of rotatable bonds is 4. The number of nitro benzene ring substituents is 1. The molecule has 1 aromatic carbocycles. The summed E-state index contributed by atoms with van der Waals surface area (Å²) in [5, 5.41) is 22.0. The molecule has 1 aromatic rings. The Balaban J connectivity index is 2.32. The number of carboxylic acids is 1. The van der Waals surface area contributed by atoms with Gasteiger partial charge in [-0.1, -0.05) is 23.2 Å². The summed E-state index contributed by atoms with van der Waals surface area (Å²) in [6, 6.07) is 2.14. The number of aliphatic carboxylic acids is 1. The number of nitro groups is 1. The van der Waals surface area contributed by atoms with E-state index in [-0.39, 0.29) is 15.6 Å². The van der Waals surface area contributed by atoms with Gasteiger partial charge in [0.2, 0.25) is 0 Å². The quantitative estimate of drug-likeness (QED) is 0.650. The van der Waals surface area contributed by atoms with Gasteiger partial charge in [0.1, 0.15) is 10.6 Å². The number of nitrogens with zero attached hydrogens (tertiary/aromatic N) is 1. The molecular formula is C12H10Cl2N2O5. The van der Waals surface area contributed by atoms with E-state index in [1.807, 2.05) is 0 Å². The topological polar surface area (TPSA) is 110 Å². The second-order valence-corrected chi connectivity index (χ2v) is 5.53. The third-order valence-electron chi connectivity index (χ3n) is 3.44. The van der Waals surface area contributed by atoms with Crippen molar-refractivity contribution in [3.05, 3.63) is 37.9 Å². The van der Waals surface area contributed by atoms with Crippen LogP contribution < -0.4 is 5.32 Å². The Morgan fingerprint density at radius 2 is 1.95 bits per heavy atom. The molecular weight excluding hydrogens is 323 g/mol. The molecule has 0 aromatic heterocycles. The molecule has 0 saturated heterocycles. The summed E-state index contributed by atoms with van der Waals surface area (Å²) in [6.45, 7) is 0. The highest BCUT2D eigenvalue weighted by Crippen LogP contribution is 2.35. The third-order valence-corrected chi connectivity index (χ3v) is 4.23. The molecule has 1 aliphatic rings. The van der Waals surface area contributed by atoms with Crippen LogP contribution in [0.1, 0.15) is 29.6 Å². The van der Waals surface area contributed by atoms with Gasteiger partial charge in [-0.2, -0.15) is 0 Å². The molecule has 21 heavy (non-hydrogen) atoms. The predicted molar refractivity (Wildman–Crippen MR) is 74.8 cm³/mol. The molecule has 7 nitrogen and oxygen atoms in total. The van der Waals surface area contributed by atoms with Crippen LogP contribution in [0.5, 0.6) is 0 Å². The molecule has 0 atom stereocenters. The van der Waals surface area contributed by atoms with Crippen molar-refractivity contribution >= 4 is 40.8 Å². The largest absolute Gasteiger partial charge is 0.480 e. The molecule has 1 amide bonds. The lowest BCUT2D eigenvalue weighted by Gasteiger charge is -2.38. The molecule has 0 spiro atoms. The van der Waals surface area contributed by atoms with Crippen LogP contribution in [0.2, 0.25) is 10.0 Å². The van der Waals surface area contributed by atoms with Gasteiger partial charge in [0, 0.05) is 11.6 Å². The first-order valence-corrected chi connectivity index (χ1v) is 6.72. The van der Waals surface area contributed by atoms with Crippen molar-refractivity contribution < 1.29 is 19.6 Å². The van der Waals surface area contributed by atoms with Crippen molar-refractivity contribution in [2.24, 2.45) is 0 Å². The number of benzene rings is 1. The molecule has 0 radical (unpaired) electrons. The maximum atomic E-state index is 12.1. The van der Waals surface area contributed by atoms with Crippen LogP contribution >= 0.6 is 23.2 Å². The van der Waals surface area contributed by atoms with Gasteiger partial charge in [-0.3, -0.25) is 14.9 Å². The highest BCUT2D eigenvalue weighted by atomic mass is 35.5. The van der Waals surface area contributed by atoms with E-state index < -0.39 is 28.0 Å². The average molecular weight is 333 g/mol. The van der Waals surface area contributed by atoms with E-state index in [1.165, 1.54) is 6.07 Å². The minimum absolute atomic E-state index is 0.108. The van der Waals surface area contributed by atoms with Crippen LogP contribution in [0.4, 0.5) is 5.69 Å². The van der Waals surface area contributed by atoms with Gasteiger partial charge in [-0.25, -0.2) is 4.79 Å². The van der Waals surface area contributed by atoms with Gasteiger partial charge in [0.05, 0.1) is 9.95 Å². The summed E-state index contributed by atoms with van der Waals surface area (Å²) in [7, 11) is 0. The fraction of sp³-hybridized carbons (Fsp3) is 0.333. The van der Waals surface area contributed by atoms with E-state index in [0.717, 1.165) is 6.07 Å². The van der Waals surface area contributed by atoms with Crippen molar-refractivity contribution in [1.82, 2.24) is 5.32 Å². The van der Waals surface area contributed by atoms with Crippen LogP contribution in [-0.4, -0.2) is 27.4 Å². The van der Waals surface area contributed by atoms with E-state index in [1.54, 1.807) is 0 Å².